The molecule has 0 saturated heterocycles. The topological polar surface area (TPSA) is 30.2 Å². The quantitative estimate of drug-likeness (QED) is 0.773. The molecule has 3 heteroatoms. The monoisotopic (exact) mass is 292 g/mol. The highest BCUT2D eigenvalue weighted by atomic mass is 79.9. The van der Waals surface area contributed by atoms with Crippen LogP contribution < -0.4 is 0 Å². The van der Waals surface area contributed by atoms with Crippen molar-refractivity contribution >= 4 is 21.7 Å². The van der Waals surface area contributed by atoms with E-state index in [1.807, 2.05) is 38.1 Å². The first kappa shape index (κ1) is 12.1. The van der Waals surface area contributed by atoms with Gasteiger partial charge in [0, 0.05) is 16.5 Å². The predicted molar refractivity (Wildman–Crippen MR) is 71.2 cm³/mol. The fourth-order valence-corrected chi connectivity index (χ4v) is 2.03. The van der Waals surface area contributed by atoms with Crippen molar-refractivity contribution in [1.82, 2.24) is 0 Å². The van der Waals surface area contributed by atoms with Crippen molar-refractivity contribution in [2.24, 2.45) is 0 Å². The van der Waals surface area contributed by atoms with Crippen LogP contribution in [-0.4, -0.2) is 5.78 Å². The van der Waals surface area contributed by atoms with Gasteiger partial charge in [0.05, 0.1) is 0 Å². The van der Waals surface area contributed by atoms with Crippen LogP contribution in [0.3, 0.4) is 0 Å². The lowest BCUT2D eigenvalue weighted by Gasteiger charge is -2.03. The molecule has 2 rings (SSSR count). The molecular formula is C14H13BrO2. The van der Waals surface area contributed by atoms with Crippen molar-refractivity contribution in [1.29, 1.82) is 0 Å². The van der Waals surface area contributed by atoms with Gasteiger partial charge in [0.15, 0.2) is 11.5 Å². The molecule has 0 spiro atoms. The first-order valence-electron chi connectivity index (χ1n) is 5.51. The van der Waals surface area contributed by atoms with Gasteiger partial charge in [-0.3, -0.25) is 4.79 Å². The van der Waals surface area contributed by atoms with Crippen LogP contribution in [0.15, 0.2) is 39.2 Å². The maximum atomic E-state index is 11.5. The van der Waals surface area contributed by atoms with Crippen LogP contribution >= 0.6 is 15.9 Å². The molecule has 0 radical (unpaired) electrons. The first-order chi connectivity index (χ1) is 8.11. The van der Waals surface area contributed by atoms with Crippen molar-refractivity contribution in [3.05, 3.63) is 46.1 Å². The summed E-state index contributed by atoms with van der Waals surface area (Å²) >= 11 is 3.43. The lowest BCUT2D eigenvalue weighted by molar-refractivity contribution is 0.0962. The highest BCUT2D eigenvalue weighted by Crippen LogP contribution is 2.28. The minimum Gasteiger partial charge on any atom is -0.453 e. The third kappa shape index (κ3) is 2.50. The van der Waals surface area contributed by atoms with Gasteiger partial charge in [0.1, 0.15) is 5.76 Å². The predicted octanol–water partition coefficient (Wildman–Crippen LogP) is 4.61. The summed E-state index contributed by atoms with van der Waals surface area (Å²) in [6.07, 6.45) is 0.463. The van der Waals surface area contributed by atoms with Crippen LogP contribution in [0, 0.1) is 6.92 Å². The molecule has 1 heterocycles. The van der Waals surface area contributed by atoms with E-state index in [0.717, 1.165) is 21.4 Å². The van der Waals surface area contributed by atoms with E-state index in [1.165, 1.54) is 0 Å². The molecule has 0 aliphatic rings. The summed E-state index contributed by atoms with van der Waals surface area (Å²) in [6, 6.07) is 9.58. The summed E-state index contributed by atoms with van der Waals surface area (Å²) in [5.41, 5.74) is 2.13. The number of benzene rings is 1. The summed E-state index contributed by atoms with van der Waals surface area (Å²) in [5.74, 6) is 1.20. The summed E-state index contributed by atoms with van der Waals surface area (Å²) in [7, 11) is 0. The number of Topliss-reactive ketones (excluding diaryl/α,β-unsaturated/α-hetero) is 1. The molecule has 2 aromatic rings. The summed E-state index contributed by atoms with van der Waals surface area (Å²) in [4.78, 5) is 11.5. The molecule has 2 nitrogen and oxygen atoms in total. The molecule has 17 heavy (non-hydrogen) atoms. The van der Waals surface area contributed by atoms with E-state index in [-0.39, 0.29) is 5.78 Å². The second kappa shape index (κ2) is 4.88. The molecule has 1 aromatic heterocycles. The van der Waals surface area contributed by atoms with Crippen molar-refractivity contribution in [2.45, 2.75) is 20.3 Å². The normalized spacial score (nSPS) is 10.5. The number of hydrogen-bond donors (Lipinski definition) is 0. The maximum absolute atomic E-state index is 11.5. The van der Waals surface area contributed by atoms with Gasteiger partial charge in [-0.05, 0) is 36.8 Å². The van der Waals surface area contributed by atoms with Crippen molar-refractivity contribution in [2.75, 3.05) is 0 Å². The first-order valence-corrected chi connectivity index (χ1v) is 6.30. The lowest BCUT2D eigenvalue weighted by Crippen LogP contribution is -1.92. The molecule has 0 N–H and O–H groups in total. The van der Waals surface area contributed by atoms with Crippen LogP contribution in [0.4, 0.5) is 0 Å². The van der Waals surface area contributed by atoms with E-state index < -0.39 is 0 Å². The third-order valence-electron chi connectivity index (χ3n) is 2.67. The van der Waals surface area contributed by atoms with Crippen molar-refractivity contribution in [3.8, 4) is 11.3 Å². The number of carbonyl (C=O) groups is 1. The van der Waals surface area contributed by atoms with Gasteiger partial charge < -0.3 is 4.42 Å². The Morgan fingerprint density at radius 3 is 2.76 bits per heavy atom. The molecule has 0 fully saturated rings. The Morgan fingerprint density at radius 2 is 2.06 bits per heavy atom. The average Bonchev–Trinajstić information content (AvgIpc) is 2.80. The van der Waals surface area contributed by atoms with Gasteiger partial charge in [0.25, 0.3) is 0 Å². The van der Waals surface area contributed by atoms with Crippen LogP contribution in [-0.2, 0) is 0 Å². The molecule has 0 bridgehead atoms. The molecule has 0 saturated carbocycles. The standard InChI is InChI=1S/C14H13BrO2/c1-3-12(16)14-7-6-13(17-14)11-8-10(15)5-4-9(11)2/h4-8H,3H2,1-2H3. The van der Waals surface area contributed by atoms with Gasteiger partial charge in [-0.25, -0.2) is 0 Å². The van der Waals surface area contributed by atoms with E-state index >= 15 is 0 Å². The molecule has 0 unspecified atom stereocenters. The molecule has 0 amide bonds. The Hall–Kier alpha value is -1.35. The van der Waals surface area contributed by atoms with Crippen molar-refractivity contribution < 1.29 is 9.21 Å². The number of carbonyl (C=O) groups excluding carboxylic acids is 1. The molecule has 0 aliphatic heterocycles. The zero-order valence-electron chi connectivity index (χ0n) is 9.79. The Balaban J connectivity index is 2.43. The summed E-state index contributed by atoms with van der Waals surface area (Å²) in [5, 5.41) is 0. The fraction of sp³-hybridized carbons (Fsp3) is 0.214. The third-order valence-corrected chi connectivity index (χ3v) is 3.16. The number of furan rings is 1. The number of aryl methyl sites for hydroxylation is 1. The molecule has 0 atom stereocenters. The Bertz CT molecular complexity index is 555. The van der Waals surface area contributed by atoms with E-state index in [4.69, 9.17) is 4.42 Å². The summed E-state index contributed by atoms with van der Waals surface area (Å²) in [6.45, 7) is 3.85. The molecule has 0 aliphatic carbocycles. The summed E-state index contributed by atoms with van der Waals surface area (Å²) < 4.78 is 6.59. The van der Waals surface area contributed by atoms with E-state index in [9.17, 15) is 4.79 Å². The van der Waals surface area contributed by atoms with E-state index in [0.29, 0.717) is 12.2 Å². The highest BCUT2D eigenvalue weighted by molar-refractivity contribution is 9.10. The average molecular weight is 293 g/mol. The van der Waals surface area contributed by atoms with Gasteiger partial charge in [-0.1, -0.05) is 28.9 Å². The SMILES string of the molecule is CCC(=O)c1ccc(-c2cc(Br)ccc2C)o1. The van der Waals surface area contributed by atoms with Crippen molar-refractivity contribution in [3.63, 3.8) is 0 Å². The Kier molecular flexibility index (Phi) is 3.48. The fourth-order valence-electron chi connectivity index (χ4n) is 1.67. The van der Waals surface area contributed by atoms with Crippen LogP contribution in [0.5, 0.6) is 0 Å². The van der Waals surface area contributed by atoms with Crippen LogP contribution in [0.2, 0.25) is 0 Å². The largest absolute Gasteiger partial charge is 0.453 e. The maximum Gasteiger partial charge on any atom is 0.197 e. The highest BCUT2D eigenvalue weighted by Gasteiger charge is 2.11. The zero-order valence-corrected chi connectivity index (χ0v) is 11.4. The van der Waals surface area contributed by atoms with Gasteiger partial charge in [0.2, 0.25) is 0 Å². The second-order valence-electron chi connectivity index (χ2n) is 3.90. The number of rotatable bonds is 3. The number of hydrogen-bond acceptors (Lipinski definition) is 2. The minimum absolute atomic E-state index is 0.0314. The zero-order chi connectivity index (χ0) is 12.4. The van der Waals surface area contributed by atoms with E-state index in [2.05, 4.69) is 15.9 Å². The molecular weight excluding hydrogens is 280 g/mol. The Morgan fingerprint density at radius 1 is 1.29 bits per heavy atom. The minimum atomic E-state index is 0.0314. The van der Waals surface area contributed by atoms with Gasteiger partial charge in [-0.2, -0.15) is 0 Å². The van der Waals surface area contributed by atoms with Gasteiger partial charge in [-0.15, -0.1) is 0 Å². The van der Waals surface area contributed by atoms with Crippen LogP contribution in [0.1, 0.15) is 29.5 Å². The smallest absolute Gasteiger partial charge is 0.197 e. The number of ketones is 1. The number of halogens is 1. The Labute approximate surface area is 109 Å². The molecule has 1 aromatic carbocycles. The lowest BCUT2D eigenvalue weighted by atomic mass is 10.1. The second-order valence-corrected chi connectivity index (χ2v) is 4.82. The molecule has 88 valence electrons. The van der Waals surface area contributed by atoms with Gasteiger partial charge >= 0.3 is 0 Å². The van der Waals surface area contributed by atoms with E-state index in [1.54, 1.807) is 6.07 Å². The van der Waals surface area contributed by atoms with Crippen LogP contribution in [0.25, 0.3) is 11.3 Å².